The number of aromatic nitrogens is 4. The average molecular weight is 620 g/mol. The third-order valence-electron chi connectivity index (χ3n) is 6.20. The van der Waals surface area contributed by atoms with Gasteiger partial charge in [-0.25, -0.2) is 9.97 Å². The summed E-state index contributed by atoms with van der Waals surface area (Å²) in [5.41, 5.74) is 9.02. The molecule has 0 aliphatic heterocycles. The number of rotatable bonds is 5. The van der Waals surface area contributed by atoms with Gasteiger partial charge in [0.05, 0.1) is 11.4 Å². The first kappa shape index (κ1) is 24.3. The molecule has 0 amide bonds. The average Bonchev–Trinajstić information content (AvgIpc) is 2.97. The van der Waals surface area contributed by atoms with E-state index in [-0.39, 0.29) is 0 Å². The molecular weight excluding hydrogens is 600 g/mol. The first-order chi connectivity index (χ1) is 18.6. The van der Waals surface area contributed by atoms with Gasteiger partial charge in [0.25, 0.3) is 0 Å². The predicted molar refractivity (Wildman–Crippen MR) is 160 cm³/mol. The highest BCUT2D eigenvalue weighted by atomic mass is 79.9. The Morgan fingerprint density at radius 1 is 0.421 bits per heavy atom. The van der Waals surface area contributed by atoms with Crippen LogP contribution < -0.4 is 0 Å². The van der Waals surface area contributed by atoms with E-state index in [0.717, 1.165) is 59.3 Å². The van der Waals surface area contributed by atoms with Crippen LogP contribution in [-0.4, -0.2) is 19.9 Å². The van der Waals surface area contributed by atoms with Gasteiger partial charge in [-0.1, -0.05) is 92.5 Å². The van der Waals surface area contributed by atoms with E-state index >= 15 is 0 Å². The van der Waals surface area contributed by atoms with Gasteiger partial charge in [-0.3, -0.25) is 9.97 Å². The van der Waals surface area contributed by atoms with Crippen molar-refractivity contribution in [3.05, 3.63) is 131 Å². The Bertz CT molecular complexity index is 1580. The van der Waals surface area contributed by atoms with Crippen LogP contribution in [0.3, 0.4) is 0 Å². The fourth-order valence-electron chi connectivity index (χ4n) is 4.29. The Labute approximate surface area is 237 Å². The lowest BCUT2D eigenvalue weighted by Crippen LogP contribution is -1.96. The lowest BCUT2D eigenvalue weighted by Gasteiger charge is -2.11. The van der Waals surface area contributed by atoms with E-state index in [1.807, 2.05) is 36.7 Å². The van der Waals surface area contributed by atoms with Crippen LogP contribution in [0.1, 0.15) is 0 Å². The van der Waals surface area contributed by atoms with E-state index in [0.29, 0.717) is 5.82 Å². The van der Waals surface area contributed by atoms with Crippen molar-refractivity contribution in [2.24, 2.45) is 0 Å². The highest BCUT2D eigenvalue weighted by molar-refractivity contribution is 9.11. The van der Waals surface area contributed by atoms with Gasteiger partial charge in [0.2, 0.25) is 0 Å². The molecule has 0 fully saturated rings. The molecule has 4 nitrogen and oxygen atoms in total. The second kappa shape index (κ2) is 10.8. The molecule has 3 heterocycles. The molecule has 0 atom stereocenters. The molecule has 0 aliphatic carbocycles. The topological polar surface area (TPSA) is 51.6 Å². The molecule has 0 aliphatic rings. The maximum atomic E-state index is 4.99. The van der Waals surface area contributed by atoms with Crippen molar-refractivity contribution in [1.29, 1.82) is 0 Å². The fraction of sp³-hybridized carbons (Fsp3) is 0. The standard InChI is InChI=1S/C32H20Br2N4/c33-28-15-27(16-29(34)17-28)31-18-30(23-9-5-21(6-10-23)25-3-1-13-35-19-25)37-32(38-31)24-11-7-22(8-12-24)26-4-2-14-36-20-26/h1-20H. The minimum absolute atomic E-state index is 0.669. The summed E-state index contributed by atoms with van der Waals surface area (Å²) in [6, 6.07) is 32.9. The smallest absolute Gasteiger partial charge is 0.160 e. The molecule has 0 N–H and O–H groups in total. The molecule has 182 valence electrons. The zero-order chi connectivity index (χ0) is 25.9. The minimum atomic E-state index is 0.669. The highest BCUT2D eigenvalue weighted by Crippen LogP contribution is 2.32. The summed E-state index contributed by atoms with van der Waals surface area (Å²) in [5.74, 6) is 0.669. The van der Waals surface area contributed by atoms with Crippen molar-refractivity contribution in [2.75, 3.05) is 0 Å². The van der Waals surface area contributed by atoms with Crippen LogP contribution in [0, 0.1) is 0 Å². The van der Waals surface area contributed by atoms with E-state index in [1.54, 1.807) is 12.4 Å². The zero-order valence-corrected chi connectivity index (χ0v) is 23.3. The monoisotopic (exact) mass is 618 g/mol. The highest BCUT2D eigenvalue weighted by Gasteiger charge is 2.12. The lowest BCUT2D eigenvalue weighted by atomic mass is 10.0. The lowest BCUT2D eigenvalue weighted by molar-refractivity contribution is 1.18. The van der Waals surface area contributed by atoms with Gasteiger partial charge in [-0.05, 0) is 58.7 Å². The third-order valence-corrected chi connectivity index (χ3v) is 7.11. The van der Waals surface area contributed by atoms with Crippen molar-refractivity contribution in [2.45, 2.75) is 0 Å². The first-order valence-corrected chi connectivity index (χ1v) is 13.6. The van der Waals surface area contributed by atoms with Crippen molar-refractivity contribution in [3.63, 3.8) is 0 Å². The zero-order valence-electron chi connectivity index (χ0n) is 20.1. The maximum Gasteiger partial charge on any atom is 0.160 e. The molecule has 0 radical (unpaired) electrons. The number of hydrogen-bond donors (Lipinski definition) is 0. The van der Waals surface area contributed by atoms with Crippen molar-refractivity contribution in [3.8, 4) is 56.2 Å². The van der Waals surface area contributed by atoms with Crippen LogP contribution in [-0.2, 0) is 0 Å². The van der Waals surface area contributed by atoms with Crippen molar-refractivity contribution < 1.29 is 0 Å². The molecule has 0 saturated carbocycles. The molecule has 3 aromatic heterocycles. The Morgan fingerprint density at radius 2 is 0.895 bits per heavy atom. The molecule has 6 rings (SSSR count). The summed E-state index contributed by atoms with van der Waals surface area (Å²) in [4.78, 5) is 18.4. The molecular formula is C32H20Br2N4. The van der Waals surface area contributed by atoms with Gasteiger partial charge in [0.15, 0.2) is 5.82 Å². The Morgan fingerprint density at radius 3 is 1.39 bits per heavy atom. The third kappa shape index (κ3) is 5.32. The van der Waals surface area contributed by atoms with E-state index in [9.17, 15) is 0 Å². The molecule has 6 heteroatoms. The van der Waals surface area contributed by atoms with Crippen LogP contribution in [0.15, 0.2) is 131 Å². The predicted octanol–water partition coefficient (Wildman–Crippen LogP) is 9.13. The molecule has 0 spiro atoms. The molecule has 0 bridgehead atoms. The SMILES string of the molecule is Brc1cc(Br)cc(-c2cc(-c3ccc(-c4cccnc4)cc3)nc(-c3ccc(-c4cccnc4)cc3)n2)c1. The van der Waals surface area contributed by atoms with Crippen LogP contribution in [0.4, 0.5) is 0 Å². The van der Waals surface area contributed by atoms with Gasteiger partial charge in [-0.15, -0.1) is 0 Å². The second-order valence-corrected chi connectivity index (χ2v) is 10.6. The van der Waals surface area contributed by atoms with Gasteiger partial charge < -0.3 is 0 Å². The van der Waals surface area contributed by atoms with E-state index in [2.05, 4.69) is 115 Å². The van der Waals surface area contributed by atoms with Crippen molar-refractivity contribution in [1.82, 2.24) is 19.9 Å². The minimum Gasteiger partial charge on any atom is -0.264 e. The number of nitrogens with zero attached hydrogens (tertiary/aromatic N) is 4. The van der Waals surface area contributed by atoms with E-state index in [1.165, 1.54) is 0 Å². The number of halogens is 2. The summed E-state index contributed by atoms with van der Waals surface area (Å²) < 4.78 is 1.95. The Balaban J connectivity index is 1.44. The summed E-state index contributed by atoms with van der Waals surface area (Å²) in [5, 5.41) is 0. The fourth-order valence-corrected chi connectivity index (χ4v) is 5.58. The van der Waals surface area contributed by atoms with E-state index < -0.39 is 0 Å². The molecule has 0 unspecified atom stereocenters. The second-order valence-electron chi connectivity index (χ2n) is 8.76. The van der Waals surface area contributed by atoms with Crippen LogP contribution in [0.2, 0.25) is 0 Å². The molecule has 0 saturated heterocycles. The summed E-state index contributed by atoms with van der Waals surface area (Å²) >= 11 is 7.23. The first-order valence-electron chi connectivity index (χ1n) is 12.0. The normalized spacial score (nSPS) is 10.9. The summed E-state index contributed by atoms with van der Waals surface area (Å²) in [6.07, 6.45) is 7.30. The van der Waals surface area contributed by atoms with Gasteiger partial charge in [0, 0.05) is 50.4 Å². The van der Waals surface area contributed by atoms with Crippen LogP contribution in [0.25, 0.3) is 56.2 Å². The van der Waals surface area contributed by atoms with E-state index in [4.69, 9.17) is 9.97 Å². The maximum absolute atomic E-state index is 4.99. The molecule has 38 heavy (non-hydrogen) atoms. The number of hydrogen-bond acceptors (Lipinski definition) is 4. The van der Waals surface area contributed by atoms with Gasteiger partial charge in [-0.2, -0.15) is 0 Å². The summed E-state index contributed by atoms with van der Waals surface area (Å²) in [7, 11) is 0. The largest absolute Gasteiger partial charge is 0.264 e. The Kier molecular flexibility index (Phi) is 6.90. The van der Waals surface area contributed by atoms with Crippen LogP contribution in [0.5, 0.6) is 0 Å². The number of pyridine rings is 2. The molecule has 6 aromatic rings. The van der Waals surface area contributed by atoms with Crippen LogP contribution >= 0.6 is 31.9 Å². The number of benzene rings is 3. The van der Waals surface area contributed by atoms with Gasteiger partial charge in [0.1, 0.15) is 0 Å². The molecule has 3 aromatic carbocycles. The van der Waals surface area contributed by atoms with Crippen molar-refractivity contribution >= 4 is 31.9 Å². The Hall–Kier alpha value is -4.00. The quantitative estimate of drug-likeness (QED) is 0.193. The van der Waals surface area contributed by atoms with Gasteiger partial charge >= 0.3 is 0 Å². The summed E-state index contributed by atoms with van der Waals surface area (Å²) in [6.45, 7) is 0.